The highest BCUT2D eigenvalue weighted by Gasteiger charge is 2.12. The molecule has 120 valence electrons. The number of anilines is 1. The van der Waals surface area contributed by atoms with E-state index in [0.717, 1.165) is 10.9 Å². The Morgan fingerprint density at radius 1 is 1.08 bits per heavy atom. The van der Waals surface area contributed by atoms with Crippen molar-refractivity contribution >= 4 is 35.1 Å². The van der Waals surface area contributed by atoms with Gasteiger partial charge in [0.05, 0.1) is 0 Å². The maximum absolute atomic E-state index is 12.2. The van der Waals surface area contributed by atoms with Crippen molar-refractivity contribution in [1.29, 1.82) is 0 Å². The van der Waals surface area contributed by atoms with E-state index in [4.69, 9.17) is 14.5 Å². The summed E-state index contributed by atoms with van der Waals surface area (Å²) in [6.07, 6.45) is 0. The van der Waals surface area contributed by atoms with Gasteiger partial charge in [-0.2, -0.15) is 0 Å². The zero-order chi connectivity index (χ0) is 17.3. The Labute approximate surface area is 137 Å². The van der Waals surface area contributed by atoms with Gasteiger partial charge in [-0.15, -0.1) is 0 Å². The van der Waals surface area contributed by atoms with E-state index in [2.05, 4.69) is 5.32 Å². The molecule has 0 saturated heterocycles. The lowest BCUT2D eigenvalue weighted by Gasteiger charge is -2.08. The van der Waals surface area contributed by atoms with Crippen LogP contribution in [0.15, 0.2) is 57.7 Å². The summed E-state index contributed by atoms with van der Waals surface area (Å²) in [4.78, 5) is 23.7. The van der Waals surface area contributed by atoms with E-state index in [9.17, 15) is 9.59 Å². The summed E-state index contributed by atoms with van der Waals surface area (Å²) in [6.45, 7) is 1.81. The van der Waals surface area contributed by atoms with Gasteiger partial charge in [-0.05, 0) is 42.2 Å². The number of aryl methyl sites for hydroxylation is 1. The van der Waals surface area contributed by atoms with Crippen molar-refractivity contribution in [2.75, 3.05) is 5.32 Å². The van der Waals surface area contributed by atoms with Crippen LogP contribution in [0.4, 0.5) is 5.69 Å². The lowest BCUT2D eigenvalue weighted by molar-refractivity contribution is 0.102. The lowest BCUT2D eigenvalue weighted by atomic mass is 9.80. The summed E-state index contributed by atoms with van der Waals surface area (Å²) in [5.41, 5.74) is 1.92. The van der Waals surface area contributed by atoms with Gasteiger partial charge in [-0.25, -0.2) is 4.79 Å². The van der Waals surface area contributed by atoms with Crippen LogP contribution in [0.1, 0.15) is 15.9 Å². The van der Waals surface area contributed by atoms with E-state index in [-0.39, 0.29) is 5.91 Å². The summed E-state index contributed by atoms with van der Waals surface area (Å²) in [6, 6.07) is 12.4. The highest BCUT2D eigenvalue weighted by Crippen LogP contribution is 2.21. The Bertz CT molecular complexity index is 963. The predicted molar refractivity (Wildman–Crippen MR) is 91.4 cm³/mol. The first kappa shape index (κ1) is 16.0. The summed E-state index contributed by atoms with van der Waals surface area (Å²) in [5, 5.41) is 21.6. The molecule has 24 heavy (non-hydrogen) atoms. The largest absolute Gasteiger partial charge is 0.488 e. The van der Waals surface area contributed by atoms with Gasteiger partial charge < -0.3 is 19.8 Å². The van der Waals surface area contributed by atoms with Crippen LogP contribution in [0.2, 0.25) is 0 Å². The highest BCUT2D eigenvalue weighted by molar-refractivity contribution is 6.58. The fraction of sp³-hybridized carbons (Fsp3) is 0.0588. The smallest absolute Gasteiger partial charge is 0.423 e. The van der Waals surface area contributed by atoms with Gasteiger partial charge >= 0.3 is 12.7 Å². The number of carbonyl (C=O) groups is 1. The van der Waals surface area contributed by atoms with Crippen molar-refractivity contribution in [3.05, 3.63) is 70.1 Å². The van der Waals surface area contributed by atoms with Gasteiger partial charge in [0, 0.05) is 28.8 Å². The molecule has 0 aliphatic carbocycles. The molecule has 2 aromatic carbocycles. The van der Waals surface area contributed by atoms with Gasteiger partial charge in [0.2, 0.25) is 0 Å². The highest BCUT2D eigenvalue weighted by atomic mass is 16.4. The van der Waals surface area contributed by atoms with E-state index in [1.54, 1.807) is 18.2 Å². The third kappa shape index (κ3) is 3.22. The van der Waals surface area contributed by atoms with Crippen molar-refractivity contribution in [3.8, 4) is 0 Å². The fourth-order valence-electron chi connectivity index (χ4n) is 2.41. The van der Waals surface area contributed by atoms with E-state index < -0.39 is 12.7 Å². The van der Waals surface area contributed by atoms with E-state index in [0.29, 0.717) is 22.3 Å². The van der Waals surface area contributed by atoms with Crippen LogP contribution >= 0.6 is 0 Å². The predicted octanol–water partition coefficient (Wildman–Crippen LogP) is 1.03. The van der Waals surface area contributed by atoms with E-state index >= 15 is 0 Å². The molecule has 0 radical (unpaired) electrons. The molecule has 0 spiro atoms. The van der Waals surface area contributed by atoms with Crippen LogP contribution in [0.3, 0.4) is 0 Å². The average Bonchev–Trinajstić information content (AvgIpc) is 2.54. The Balaban J connectivity index is 1.86. The van der Waals surface area contributed by atoms with Crippen LogP contribution in [0.5, 0.6) is 0 Å². The minimum absolute atomic E-state index is 0.300. The number of fused-ring (bicyclic) bond motifs is 1. The molecule has 0 fully saturated rings. The Kier molecular flexibility index (Phi) is 4.20. The summed E-state index contributed by atoms with van der Waals surface area (Å²) < 4.78 is 5.15. The molecule has 3 rings (SSSR count). The first-order valence-electron chi connectivity index (χ1n) is 7.26. The van der Waals surface area contributed by atoms with Crippen molar-refractivity contribution in [2.45, 2.75) is 6.92 Å². The molecule has 0 aliphatic rings. The molecule has 0 saturated carbocycles. The molecule has 6 nitrogen and oxygen atoms in total. The van der Waals surface area contributed by atoms with Crippen LogP contribution < -0.4 is 16.4 Å². The standard InChI is InChI=1S/C17H14BNO5/c1-10-8-16(20)24-15-9-13(6-7-14(10)15)19-17(21)11-2-4-12(5-3-11)18(22)23/h2-9,22-23H,1H3,(H,19,21). The molecule has 1 amide bonds. The minimum atomic E-state index is -1.58. The summed E-state index contributed by atoms with van der Waals surface area (Å²) in [5.74, 6) is -0.358. The van der Waals surface area contributed by atoms with Gasteiger partial charge in [0.25, 0.3) is 5.91 Å². The minimum Gasteiger partial charge on any atom is -0.423 e. The Morgan fingerprint density at radius 3 is 2.46 bits per heavy atom. The second kappa shape index (κ2) is 6.31. The quantitative estimate of drug-likeness (QED) is 0.494. The molecule has 3 aromatic rings. The number of hydrogen-bond donors (Lipinski definition) is 3. The molecular weight excluding hydrogens is 309 g/mol. The topological polar surface area (TPSA) is 99.8 Å². The molecule has 0 unspecified atom stereocenters. The molecule has 0 atom stereocenters. The zero-order valence-corrected chi connectivity index (χ0v) is 12.8. The number of amides is 1. The maximum Gasteiger partial charge on any atom is 0.488 e. The molecule has 3 N–H and O–H groups in total. The molecule has 7 heteroatoms. The number of benzene rings is 2. The van der Waals surface area contributed by atoms with Gasteiger partial charge in [-0.1, -0.05) is 12.1 Å². The summed E-state index contributed by atoms with van der Waals surface area (Å²) in [7, 11) is -1.58. The molecule has 1 aromatic heterocycles. The number of nitrogens with one attached hydrogen (secondary N) is 1. The first-order valence-corrected chi connectivity index (χ1v) is 7.26. The second-order valence-electron chi connectivity index (χ2n) is 5.41. The summed E-state index contributed by atoms with van der Waals surface area (Å²) >= 11 is 0. The van der Waals surface area contributed by atoms with Crippen LogP contribution in [0.25, 0.3) is 11.0 Å². The van der Waals surface area contributed by atoms with Crippen molar-refractivity contribution in [2.24, 2.45) is 0 Å². The molecular formula is C17H14BNO5. The normalized spacial score (nSPS) is 10.6. The average molecular weight is 323 g/mol. The van der Waals surface area contributed by atoms with Crippen molar-refractivity contribution < 1.29 is 19.3 Å². The van der Waals surface area contributed by atoms with Crippen molar-refractivity contribution in [1.82, 2.24) is 0 Å². The third-order valence-corrected chi connectivity index (χ3v) is 3.68. The SMILES string of the molecule is Cc1cc(=O)oc2cc(NC(=O)c3ccc(B(O)O)cc3)ccc12. The zero-order valence-electron chi connectivity index (χ0n) is 12.8. The van der Waals surface area contributed by atoms with Gasteiger partial charge in [0.15, 0.2) is 0 Å². The van der Waals surface area contributed by atoms with Crippen LogP contribution in [-0.4, -0.2) is 23.1 Å². The first-order chi connectivity index (χ1) is 11.4. The lowest BCUT2D eigenvalue weighted by Crippen LogP contribution is -2.29. The molecule has 0 aliphatic heterocycles. The maximum atomic E-state index is 12.2. The van der Waals surface area contributed by atoms with Gasteiger partial charge in [0.1, 0.15) is 5.58 Å². The number of rotatable bonds is 3. The number of carbonyl (C=O) groups excluding carboxylic acids is 1. The van der Waals surface area contributed by atoms with Crippen LogP contribution in [0, 0.1) is 6.92 Å². The Morgan fingerprint density at radius 2 is 1.79 bits per heavy atom. The van der Waals surface area contributed by atoms with Gasteiger partial charge in [-0.3, -0.25) is 4.79 Å². The Hall–Kier alpha value is -2.90. The monoisotopic (exact) mass is 323 g/mol. The van der Waals surface area contributed by atoms with Crippen LogP contribution in [-0.2, 0) is 0 Å². The fourth-order valence-corrected chi connectivity index (χ4v) is 2.41. The molecule has 0 bridgehead atoms. The number of hydrogen-bond acceptors (Lipinski definition) is 5. The second-order valence-corrected chi connectivity index (χ2v) is 5.41. The third-order valence-electron chi connectivity index (χ3n) is 3.68. The molecule has 1 heterocycles. The van der Waals surface area contributed by atoms with E-state index in [1.165, 1.54) is 30.3 Å². The van der Waals surface area contributed by atoms with E-state index in [1.807, 2.05) is 6.92 Å². The van der Waals surface area contributed by atoms with Crippen molar-refractivity contribution in [3.63, 3.8) is 0 Å².